The number of epoxide rings is 1. The van der Waals surface area contributed by atoms with Gasteiger partial charge in [-0.25, -0.2) is 13.2 Å². The van der Waals surface area contributed by atoms with Gasteiger partial charge in [-0.05, 0) is 47.1 Å². The van der Waals surface area contributed by atoms with E-state index in [-0.39, 0.29) is 23.2 Å². The third-order valence-electron chi connectivity index (χ3n) is 10.9. The molecule has 2 saturated carbocycles. The number of aliphatic hydroxyl groups is 1. The molecule has 2 aromatic heterocycles. The van der Waals surface area contributed by atoms with Crippen LogP contribution in [0.5, 0.6) is 0 Å². The Kier molecular flexibility index (Phi) is 6.93. The van der Waals surface area contributed by atoms with Crippen molar-refractivity contribution in [2.45, 2.75) is 81.9 Å². The smallest absolute Gasteiger partial charge is 0.349 e. The average molecular weight is 624 g/mol. The van der Waals surface area contributed by atoms with E-state index in [1.807, 2.05) is 36.7 Å². The molecule has 12 heteroatoms. The van der Waals surface area contributed by atoms with E-state index in [0.29, 0.717) is 46.9 Å². The van der Waals surface area contributed by atoms with Gasteiger partial charge in [0.1, 0.15) is 36.2 Å². The van der Waals surface area contributed by atoms with E-state index in [2.05, 4.69) is 14.1 Å². The predicted molar refractivity (Wildman–Crippen MR) is 152 cm³/mol. The van der Waals surface area contributed by atoms with Crippen molar-refractivity contribution in [3.05, 3.63) is 44.8 Å². The molecule has 6 atom stereocenters. The summed E-state index contributed by atoms with van der Waals surface area (Å²) in [4.78, 5) is 26.2. The Morgan fingerprint density at radius 2 is 1.71 bits per heavy atom. The van der Waals surface area contributed by atoms with E-state index >= 15 is 0 Å². The molecule has 2 aliphatic carbocycles. The first-order chi connectivity index (χ1) is 19.1. The maximum Gasteiger partial charge on any atom is 0.349 e. The van der Waals surface area contributed by atoms with Crippen LogP contribution >= 0.6 is 22.7 Å². The van der Waals surface area contributed by atoms with Crippen LogP contribution in [0.2, 0.25) is 0 Å². The second-order valence-electron chi connectivity index (χ2n) is 13.4. The lowest BCUT2D eigenvalue weighted by Gasteiger charge is -2.45. The summed E-state index contributed by atoms with van der Waals surface area (Å²) in [6.07, 6.45) is 3.93. The summed E-state index contributed by atoms with van der Waals surface area (Å²) in [6, 6.07) is 8.01. The molecular formula is C29H37NO8S3. The summed E-state index contributed by atoms with van der Waals surface area (Å²) >= 11 is 2.74. The van der Waals surface area contributed by atoms with Crippen LogP contribution in [0.3, 0.4) is 0 Å². The van der Waals surface area contributed by atoms with Crippen molar-refractivity contribution in [3.63, 3.8) is 0 Å². The van der Waals surface area contributed by atoms with Gasteiger partial charge in [0.05, 0.1) is 39.7 Å². The van der Waals surface area contributed by atoms with Crippen LogP contribution in [0, 0.1) is 16.7 Å². The highest BCUT2D eigenvalue weighted by molar-refractivity contribution is 7.85. The Hall–Kier alpha value is -1.67. The molecule has 0 amide bonds. The summed E-state index contributed by atoms with van der Waals surface area (Å²) in [7, 11) is 0.167. The first kappa shape index (κ1) is 29.4. The number of morpholine rings is 1. The van der Waals surface area contributed by atoms with E-state index in [0.717, 1.165) is 23.7 Å². The lowest BCUT2D eigenvalue weighted by Crippen LogP contribution is -2.60. The van der Waals surface area contributed by atoms with E-state index in [1.165, 1.54) is 22.7 Å². The molecule has 7 rings (SSSR count). The molecule has 4 bridgehead atoms. The van der Waals surface area contributed by atoms with Crippen LogP contribution in [0.1, 0.15) is 55.7 Å². The molecule has 0 aromatic carbocycles. The average Bonchev–Trinajstić information content (AvgIpc) is 3.25. The van der Waals surface area contributed by atoms with Gasteiger partial charge in [-0.1, -0.05) is 26.0 Å². The summed E-state index contributed by atoms with van der Waals surface area (Å²) in [5.74, 6) is -0.842. The highest BCUT2D eigenvalue weighted by atomic mass is 32.2. The van der Waals surface area contributed by atoms with Crippen LogP contribution in [-0.4, -0.2) is 84.6 Å². The molecule has 0 spiro atoms. The summed E-state index contributed by atoms with van der Waals surface area (Å²) in [5.41, 5.74) is -2.94. The lowest BCUT2D eigenvalue weighted by molar-refractivity contribution is -0.938. The molecular weight excluding hydrogens is 587 g/mol. The molecule has 1 N–H and O–H groups in total. The van der Waals surface area contributed by atoms with Gasteiger partial charge in [0.25, 0.3) is 0 Å². The number of fused-ring (bicyclic) bond motifs is 7. The van der Waals surface area contributed by atoms with Gasteiger partial charge >= 0.3 is 5.97 Å². The molecule has 3 saturated heterocycles. The minimum atomic E-state index is -4.33. The summed E-state index contributed by atoms with van der Waals surface area (Å²) in [6.45, 7) is 3.83. The van der Waals surface area contributed by atoms with Crippen molar-refractivity contribution in [2.75, 3.05) is 19.8 Å². The highest BCUT2D eigenvalue weighted by Crippen LogP contribution is 2.64. The van der Waals surface area contributed by atoms with E-state index in [4.69, 9.17) is 9.47 Å². The molecule has 5 fully saturated rings. The predicted octanol–water partition coefficient (Wildman–Crippen LogP) is 3.27. The number of likely N-dealkylation sites (N-methyl/N-ethyl adjacent to an activating group) is 1. The normalized spacial score (nSPS) is 35.9. The number of thiophene rings is 2. The Morgan fingerprint density at radius 3 is 2.12 bits per heavy atom. The van der Waals surface area contributed by atoms with Crippen molar-refractivity contribution in [2.24, 2.45) is 16.7 Å². The molecule has 9 nitrogen and oxygen atoms in total. The number of hydrogen-bond donors (Lipinski definition) is 1. The Bertz CT molecular complexity index is 1380. The monoisotopic (exact) mass is 623 g/mol. The SMILES string of the molecule is CC1(C)[C@@H]2CC[C@@]1(CS(=O)(=O)[O-])C(=O)C2.C[N+]1(C)C2CC(OC(=O)C(O)(c3cccs3)c3cccs3)CC1C1OC12. The van der Waals surface area contributed by atoms with E-state index in [9.17, 15) is 27.7 Å². The fraction of sp³-hybridized carbons (Fsp3) is 0.655. The van der Waals surface area contributed by atoms with Crippen molar-refractivity contribution in [1.82, 2.24) is 0 Å². The second kappa shape index (κ2) is 9.67. The quantitative estimate of drug-likeness (QED) is 0.224. The fourth-order valence-electron chi connectivity index (χ4n) is 8.24. The maximum atomic E-state index is 13.1. The van der Waals surface area contributed by atoms with Crippen molar-refractivity contribution < 1.29 is 41.6 Å². The first-order valence-corrected chi connectivity index (χ1v) is 17.4. The number of carbonyl (C=O) groups excluding carboxylic acids is 2. The molecule has 5 heterocycles. The number of carbonyl (C=O) groups is 2. The molecule has 0 radical (unpaired) electrons. The summed E-state index contributed by atoms with van der Waals surface area (Å²) < 4.78 is 45.3. The molecule has 3 aliphatic heterocycles. The number of esters is 1. The summed E-state index contributed by atoms with van der Waals surface area (Å²) in [5, 5.41) is 15.1. The Labute approximate surface area is 248 Å². The molecule has 5 aliphatic rings. The minimum Gasteiger partial charge on any atom is -0.748 e. The third kappa shape index (κ3) is 4.56. The van der Waals surface area contributed by atoms with Crippen LogP contribution in [0.15, 0.2) is 35.0 Å². The topological polar surface area (TPSA) is 133 Å². The van der Waals surface area contributed by atoms with Gasteiger partial charge in [0, 0.05) is 24.7 Å². The number of quaternary nitrogens is 1. The van der Waals surface area contributed by atoms with Crippen LogP contribution < -0.4 is 0 Å². The van der Waals surface area contributed by atoms with E-state index in [1.54, 1.807) is 12.1 Å². The van der Waals surface area contributed by atoms with E-state index < -0.39 is 32.9 Å². The van der Waals surface area contributed by atoms with Gasteiger partial charge in [-0.15, -0.1) is 22.7 Å². The molecule has 224 valence electrons. The van der Waals surface area contributed by atoms with Crippen LogP contribution in [0.4, 0.5) is 0 Å². The van der Waals surface area contributed by atoms with Crippen molar-refractivity contribution in [3.8, 4) is 0 Å². The number of piperidine rings is 1. The van der Waals surface area contributed by atoms with Crippen molar-refractivity contribution >= 4 is 44.5 Å². The van der Waals surface area contributed by atoms with Crippen LogP contribution in [0.25, 0.3) is 0 Å². The minimum absolute atomic E-state index is 0.0248. The first-order valence-electron chi connectivity index (χ1n) is 14.1. The number of ether oxygens (including phenoxy) is 2. The Balaban J connectivity index is 0.000000172. The molecule has 4 unspecified atom stereocenters. The van der Waals surface area contributed by atoms with Gasteiger partial charge in [0.15, 0.2) is 0 Å². The number of Topliss-reactive ketones (excluding diaryl/α,β-unsaturated/α-hetero) is 1. The highest BCUT2D eigenvalue weighted by Gasteiger charge is 2.71. The van der Waals surface area contributed by atoms with Gasteiger partial charge in [0.2, 0.25) is 5.60 Å². The number of nitrogens with zero attached hydrogens (tertiary/aromatic N) is 1. The van der Waals surface area contributed by atoms with Crippen molar-refractivity contribution in [1.29, 1.82) is 0 Å². The number of hydrogen-bond acceptors (Lipinski definition) is 10. The third-order valence-corrected chi connectivity index (χ3v) is 13.7. The second-order valence-corrected chi connectivity index (χ2v) is 16.7. The van der Waals surface area contributed by atoms with Gasteiger partial charge in [-0.3, -0.25) is 4.79 Å². The standard InChI is InChI=1S/C19H22NO4S2.C10H16O4S/c1-20(2)12-9-11(10-13(20)17-16(12)24-17)23-18(21)19(22,14-5-3-7-25-14)15-6-4-8-26-15;1-9(2)7-3-4-10(9,8(11)5-7)6-15(12,13)14/h3-8,11-13,16-17,22H,9-10H2,1-2H3;7H,3-6H2,1-2H3,(H,12,13,14)/q+1;/p-1/t;7-,10-/m.1/s1. The lowest BCUT2D eigenvalue weighted by atomic mass is 9.70. The maximum absolute atomic E-state index is 13.1. The zero-order valence-corrected chi connectivity index (χ0v) is 26.1. The fourth-order valence-corrected chi connectivity index (χ4v) is 11.2. The molecule has 2 aromatic rings. The number of ketones is 1. The van der Waals surface area contributed by atoms with Gasteiger partial charge < -0.3 is 23.6 Å². The Morgan fingerprint density at radius 1 is 1.15 bits per heavy atom. The zero-order valence-electron chi connectivity index (χ0n) is 23.6. The van der Waals surface area contributed by atoms with Gasteiger partial charge in [-0.2, -0.15) is 0 Å². The zero-order chi connectivity index (χ0) is 29.6. The largest absolute Gasteiger partial charge is 0.748 e. The van der Waals surface area contributed by atoms with Crippen LogP contribution in [-0.2, 0) is 34.8 Å². The number of rotatable bonds is 6. The molecule has 41 heavy (non-hydrogen) atoms.